The van der Waals surface area contributed by atoms with E-state index in [0.29, 0.717) is 12.8 Å². The van der Waals surface area contributed by atoms with E-state index in [1.165, 1.54) is 16.6 Å². The molecule has 0 unspecified atom stereocenters. The van der Waals surface area contributed by atoms with Crippen molar-refractivity contribution in [1.82, 2.24) is 9.29 Å². The first-order valence-corrected chi connectivity index (χ1v) is 8.14. The van der Waals surface area contributed by atoms with Crippen molar-refractivity contribution in [3.05, 3.63) is 24.1 Å². The number of alkyl halides is 1. The zero-order valence-corrected chi connectivity index (χ0v) is 12.6. The number of hydrogen-bond donors (Lipinski definition) is 0. The first kappa shape index (κ1) is 16.3. The van der Waals surface area contributed by atoms with Crippen LogP contribution in [0.15, 0.2) is 23.4 Å². The molecule has 1 aromatic rings. The predicted molar refractivity (Wildman–Crippen MR) is 73.2 cm³/mol. The lowest BCUT2D eigenvalue weighted by molar-refractivity contribution is 0.314. The quantitative estimate of drug-likeness (QED) is 0.728. The topological polar surface area (TPSA) is 50.3 Å². The van der Waals surface area contributed by atoms with E-state index in [9.17, 15) is 12.8 Å². The van der Waals surface area contributed by atoms with Gasteiger partial charge in [-0.2, -0.15) is 4.31 Å². The van der Waals surface area contributed by atoms with Gasteiger partial charge < -0.3 is 0 Å². The highest BCUT2D eigenvalue weighted by Gasteiger charge is 2.32. The molecule has 108 valence electrons. The Bertz CT molecular complexity index is 506. The van der Waals surface area contributed by atoms with Gasteiger partial charge in [0.15, 0.2) is 5.82 Å². The molecule has 0 amide bonds. The Labute approximate surface area is 118 Å². The minimum Gasteiger partial charge on any atom is -0.241 e. The summed E-state index contributed by atoms with van der Waals surface area (Å²) in [6, 6.07) is 2.24. The molecule has 0 aromatic carbocycles. The van der Waals surface area contributed by atoms with Crippen LogP contribution >= 0.6 is 11.6 Å². The van der Waals surface area contributed by atoms with Crippen molar-refractivity contribution in [2.24, 2.45) is 0 Å². The van der Waals surface area contributed by atoms with Gasteiger partial charge in [0.2, 0.25) is 5.03 Å². The fourth-order valence-corrected chi connectivity index (χ4v) is 3.99. The molecule has 0 N–H and O–H groups in total. The SMILES string of the molecule is CCC(CC)N(CCCl)S(=O)(=O)c1ncccc1F. The van der Waals surface area contributed by atoms with E-state index in [1.807, 2.05) is 13.8 Å². The number of halogens is 2. The maximum absolute atomic E-state index is 13.7. The lowest BCUT2D eigenvalue weighted by atomic mass is 10.2. The second-order valence-electron chi connectivity index (χ2n) is 4.07. The van der Waals surface area contributed by atoms with Crippen LogP contribution in [0.5, 0.6) is 0 Å². The highest BCUT2D eigenvalue weighted by Crippen LogP contribution is 2.21. The molecule has 7 heteroatoms. The summed E-state index contributed by atoms with van der Waals surface area (Å²) in [5.74, 6) is -0.683. The number of pyridine rings is 1. The minimum atomic E-state index is -3.95. The third-order valence-corrected chi connectivity index (χ3v) is 4.99. The summed E-state index contributed by atoms with van der Waals surface area (Å²) < 4.78 is 39.8. The molecule has 1 aromatic heterocycles. The molecule has 0 aliphatic rings. The molecule has 1 heterocycles. The van der Waals surface area contributed by atoms with Gasteiger partial charge in [-0.05, 0) is 25.0 Å². The lowest BCUT2D eigenvalue weighted by Gasteiger charge is -2.28. The van der Waals surface area contributed by atoms with Gasteiger partial charge in [0.05, 0.1) is 0 Å². The molecule has 0 saturated carbocycles. The summed E-state index contributed by atoms with van der Waals surface area (Å²) in [6.45, 7) is 3.92. The Kier molecular flexibility index (Phi) is 6.16. The summed E-state index contributed by atoms with van der Waals surface area (Å²) in [4.78, 5) is 3.66. The Morgan fingerprint density at radius 1 is 1.42 bits per heavy atom. The third-order valence-electron chi connectivity index (χ3n) is 2.93. The predicted octanol–water partition coefficient (Wildman–Crippen LogP) is 2.64. The molecule has 0 aliphatic heterocycles. The molecule has 0 spiro atoms. The van der Waals surface area contributed by atoms with Crippen molar-refractivity contribution in [1.29, 1.82) is 0 Å². The van der Waals surface area contributed by atoms with E-state index in [4.69, 9.17) is 11.6 Å². The molecule has 4 nitrogen and oxygen atoms in total. The molecular weight excluding hydrogens is 291 g/mol. The number of rotatable bonds is 7. The molecule has 19 heavy (non-hydrogen) atoms. The van der Waals surface area contributed by atoms with Crippen LogP contribution in [0.4, 0.5) is 4.39 Å². The maximum Gasteiger partial charge on any atom is 0.263 e. The third kappa shape index (κ3) is 3.64. The first-order valence-electron chi connectivity index (χ1n) is 6.17. The Morgan fingerprint density at radius 2 is 2.05 bits per heavy atom. The lowest BCUT2D eigenvalue weighted by Crippen LogP contribution is -2.41. The number of nitrogens with zero attached hydrogens (tertiary/aromatic N) is 2. The van der Waals surface area contributed by atoms with Crippen molar-refractivity contribution in [3.63, 3.8) is 0 Å². The molecule has 0 atom stereocenters. The molecule has 0 radical (unpaired) electrons. The average Bonchev–Trinajstić information content (AvgIpc) is 2.39. The zero-order valence-electron chi connectivity index (χ0n) is 11.0. The molecular formula is C12H18ClFN2O2S. The number of hydrogen-bond acceptors (Lipinski definition) is 3. The normalized spacial score (nSPS) is 12.3. The standard InChI is InChI=1S/C12H18ClFN2O2S/c1-3-10(4-2)16(9-7-13)19(17,18)12-11(14)6-5-8-15-12/h5-6,8,10H,3-4,7,9H2,1-2H3. The van der Waals surface area contributed by atoms with Crippen LogP contribution in [0.3, 0.4) is 0 Å². The molecule has 0 fully saturated rings. The summed E-state index contributed by atoms with van der Waals surface area (Å²) >= 11 is 5.67. The van der Waals surface area contributed by atoms with E-state index in [1.54, 1.807) is 0 Å². The average molecular weight is 309 g/mol. The molecule has 0 aliphatic carbocycles. The maximum atomic E-state index is 13.7. The van der Waals surface area contributed by atoms with Gasteiger partial charge in [-0.15, -0.1) is 11.6 Å². The van der Waals surface area contributed by atoms with Crippen LogP contribution in [-0.2, 0) is 10.0 Å². The Morgan fingerprint density at radius 3 is 2.53 bits per heavy atom. The highest BCUT2D eigenvalue weighted by molar-refractivity contribution is 7.89. The number of sulfonamides is 1. The first-order chi connectivity index (χ1) is 8.98. The van der Waals surface area contributed by atoms with Gasteiger partial charge in [-0.1, -0.05) is 13.8 Å². The second kappa shape index (κ2) is 7.17. The number of aromatic nitrogens is 1. The van der Waals surface area contributed by atoms with Crippen LogP contribution in [0.1, 0.15) is 26.7 Å². The van der Waals surface area contributed by atoms with E-state index in [0.717, 1.165) is 6.07 Å². The van der Waals surface area contributed by atoms with Crippen LogP contribution in [-0.4, -0.2) is 36.2 Å². The van der Waals surface area contributed by atoms with Crippen LogP contribution < -0.4 is 0 Å². The van der Waals surface area contributed by atoms with Gasteiger partial charge >= 0.3 is 0 Å². The van der Waals surface area contributed by atoms with E-state index in [-0.39, 0.29) is 18.5 Å². The fourth-order valence-electron chi connectivity index (χ4n) is 1.95. The van der Waals surface area contributed by atoms with E-state index in [2.05, 4.69) is 4.98 Å². The Balaban J connectivity index is 3.24. The highest BCUT2D eigenvalue weighted by atomic mass is 35.5. The molecule has 0 saturated heterocycles. The van der Waals surface area contributed by atoms with Gasteiger partial charge in [-0.3, -0.25) is 0 Å². The Hall–Kier alpha value is -0.720. The van der Waals surface area contributed by atoms with Crippen molar-refractivity contribution >= 4 is 21.6 Å². The smallest absolute Gasteiger partial charge is 0.241 e. The molecule has 1 rings (SSSR count). The minimum absolute atomic E-state index is 0.145. The summed E-state index contributed by atoms with van der Waals surface area (Å²) in [7, 11) is -3.95. The fraction of sp³-hybridized carbons (Fsp3) is 0.583. The van der Waals surface area contributed by atoms with Crippen molar-refractivity contribution in [3.8, 4) is 0 Å². The van der Waals surface area contributed by atoms with Gasteiger partial charge in [0.25, 0.3) is 10.0 Å². The zero-order chi connectivity index (χ0) is 14.5. The second-order valence-corrected chi connectivity index (χ2v) is 6.25. The largest absolute Gasteiger partial charge is 0.263 e. The summed E-state index contributed by atoms with van der Waals surface area (Å²) in [6.07, 6.45) is 2.55. The van der Waals surface area contributed by atoms with Crippen LogP contribution in [0.25, 0.3) is 0 Å². The van der Waals surface area contributed by atoms with Crippen molar-refractivity contribution in [2.75, 3.05) is 12.4 Å². The van der Waals surface area contributed by atoms with Gasteiger partial charge in [0.1, 0.15) is 0 Å². The van der Waals surface area contributed by atoms with Crippen molar-refractivity contribution < 1.29 is 12.8 Å². The van der Waals surface area contributed by atoms with E-state index >= 15 is 0 Å². The van der Waals surface area contributed by atoms with E-state index < -0.39 is 20.9 Å². The van der Waals surface area contributed by atoms with Gasteiger partial charge in [-0.25, -0.2) is 17.8 Å². The van der Waals surface area contributed by atoms with Gasteiger partial charge in [0, 0.05) is 24.7 Å². The van der Waals surface area contributed by atoms with Crippen molar-refractivity contribution in [2.45, 2.75) is 37.8 Å². The monoisotopic (exact) mass is 308 g/mol. The van der Waals surface area contributed by atoms with Crippen LogP contribution in [0.2, 0.25) is 0 Å². The summed E-state index contributed by atoms with van der Waals surface area (Å²) in [5, 5.41) is -0.535. The molecule has 0 bridgehead atoms. The van der Waals surface area contributed by atoms with Crippen LogP contribution in [0, 0.1) is 5.82 Å². The summed E-state index contributed by atoms with van der Waals surface area (Å²) in [5.41, 5.74) is 0.